The first-order chi connectivity index (χ1) is 7.25. The van der Waals surface area contributed by atoms with Gasteiger partial charge in [-0.15, -0.1) is 0 Å². The van der Waals surface area contributed by atoms with Crippen molar-refractivity contribution in [2.75, 3.05) is 5.32 Å². The van der Waals surface area contributed by atoms with Gasteiger partial charge in [0.05, 0.1) is 0 Å². The van der Waals surface area contributed by atoms with E-state index in [1.165, 1.54) is 14.8 Å². The fourth-order valence-corrected chi connectivity index (χ4v) is 2.05. The van der Waals surface area contributed by atoms with Gasteiger partial charge in [0.1, 0.15) is 0 Å². The van der Waals surface area contributed by atoms with Crippen LogP contribution in [0.3, 0.4) is 0 Å². The first kappa shape index (κ1) is 10.5. The van der Waals surface area contributed by atoms with Crippen LogP contribution in [-0.4, -0.2) is 4.57 Å². The summed E-state index contributed by atoms with van der Waals surface area (Å²) in [6.07, 6.45) is 4.19. The van der Waals surface area contributed by atoms with Gasteiger partial charge in [-0.05, 0) is 46.4 Å². The molecule has 1 heterocycles. The first-order valence-electron chi connectivity index (χ1n) is 4.85. The maximum absolute atomic E-state index is 3.42. The minimum atomic E-state index is 0.876. The first-order valence-corrected chi connectivity index (χ1v) is 5.93. The zero-order chi connectivity index (χ0) is 10.7. The van der Waals surface area contributed by atoms with Gasteiger partial charge in [0.15, 0.2) is 0 Å². The minimum Gasteiger partial charge on any atom is -0.380 e. The van der Waals surface area contributed by atoms with E-state index < -0.39 is 0 Å². The molecule has 15 heavy (non-hydrogen) atoms. The number of halogens is 1. The smallest absolute Gasteiger partial charge is 0.0478 e. The van der Waals surface area contributed by atoms with Crippen LogP contribution in [-0.2, 0) is 13.6 Å². The quantitative estimate of drug-likeness (QED) is 0.861. The molecule has 0 aliphatic heterocycles. The van der Waals surface area contributed by atoms with E-state index in [4.69, 9.17) is 0 Å². The highest BCUT2D eigenvalue weighted by molar-refractivity contribution is 14.1. The number of aromatic nitrogens is 1. The summed E-state index contributed by atoms with van der Waals surface area (Å²) in [5.41, 5.74) is 2.50. The molecule has 0 aliphatic rings. The molecule has 0 fully saturated rings. The Morgan fingerprint density at radius 3 is 2.73 bits per heavy atom. The molecule has 0 amide bonds. The van der Waals surface area contributed by atoms with Crippen molar-refractivity contribution in [3.05, 3.63) is 51.9 Å². The molecule has 2 rings (SSSR count). The Hall–Kier alpha value is -0.970. The van der Waals surface area contributed by atoms with Crippen LogP contribution < -0.4 is 5.32 Å². The van der Waals surface area contributed by atoms with Crippen molar-refractivity contribution in [2.45, 2.75) is 6.54 Å². The molecule has 3 heteroatoms. The van der Waals surface area contributed by atoms with E-state index in [2.05, 4.69) is 75.2 Å². The predicted octanol–water partition coefficient (Wildman–Crippen LogP) is 3.24. The lowest BCUT2D eigenvalue weighted by Crippen LogP contribution is -1.99. The molecule has 1 aromatic carbocycles. The Morgan fingerprint density at radius 2 is 2.07 bits per heavy atom. The Morgan fingerprint density at radius 1 is 1.27 bits per heavy atom. The number of nitrogens with zero attached hydrogens (tertiary/aromatic N) is 1. The number of benzene rings is 1. The lowest BCUT2D eigenvalue weighted by molar-refractivity contribution is 0.920. The summed E-state index contributed by atoms with van der Waals surface area (Å²) in [4.78, 5) is 0. The van der Waals surface area contributed by atoms with Gasteiger partial charge in [0.25, 0.3) is 0 Å². The summed E-state index contributed by atoms with van der Waals surface area (Å²) in [7, 11) is 2.04. The molecule has 1 N–H and O–H groups in total. The monoisotopic (exact) mass is 312 g/mol. The zero-order valence-corrected chi connectivity index (χ0v) is 10.7. The number of anilines is 1. The Kier molecular flexibility index (Phi) is 3.30. The molecule has 78 valence electrons. The van der Waals surface area contributed by atoms with Crippen LogP contribution in [0.15, 0.2) is 42.7 Å². The average molecular weight is 312 g/mol. The molecule has 0 aliphatic carbocycles. The highest BCUT2D eigenvalue weighted by Crippen LogP contribution is 2.17. The molecule has 0 spiro atoms. The van der Waals surface area contributed by atoms with Crippen molar-refractivity contribution in [3.63, 3.8) is 0 Å². The number of nitrogens with one attached hydrogen (secondary N) is 1. The number of rotatable bonds is 3. The Labute approximate surface area is 103 Å². The second kappa shape index (κ2) is 4.70. The lowest BCUT2D eigenvalue weighted by Gasteiger charge is -2.06. The molecule has 0 saturated heterocycles. The van der Waals surface area contributed by atoms with Crippen molar-refractivity contribution in [2.24, 2.45) is 7.05 Å². The van der Waals surface area contributed by atoms with E-state index in [1.54, 1.807) is 0 Å². The van der Waals surface area contributed by atoms with Gasteiger partial charge in [-0.25, -0.2) is 0 Å². The third-order valence-corrected chi connectivity index (χ3v) is 3.19. The van der Waals surface area contributed by atoms with E-state index in [-0.39, 0.29) is 0 Å². The highest BCUT2D eigenvalue weighted by atomic mass is 127. The minimum absolute atomic E-state index is 0.876. The van der Waals surface area contributed by atoms with Crippen molar-refractivity contribution < 1.29 is 0 Å². The third kappa shape index (κ3) is 2.75. The second-order valence-electron chi connectivity index (χ2n) is 3.52. The molecular formula is C12H13IN2. The SMILES string of the molecule is Cn1ccc(CNc2ccccc2I)c1. The Balaban J connectivity index is 2.02. The standard InChI is InChI=1S/C12H13IN2/c1-15-7-6-10(9-15)8-14-12-5-3-2-4-11(12)13/h2-7,9,14H,8H2,1H3. The van der Waals surface area contributed by atoms with E-state index in [0.717, 1.165) is 6.54 Å². The molecule has 0 saturated carbocycles. The van der Waals surface area contributed by atoms with Gasteiger partial charge in [0.2, 0.25) is 0 Å². The molecule has 0 atom stereocenters. The van der Waals surface area contributed by atoms with Gasteiger partial charge in [-0.3, -0.25) is 0 Å². The molecular weight excluding hydrogens is 299 g/mol. The van der Waals surface area contributed by atoms with Crippen LogP contribution in [0.4, 0.5) is 5.69 Å². The van der Waals surface area contributed by atoms with Crippen LogP contribution in [0.2, 0.25) is 0 Å². The maximum Gasteiger partial charge on any atom is 0.0478 e. The van der Waals surface area contributed by atoms with E-state index in [1.807, 2.05) is 7.05 Å². The van der Waals surface area contributed by atoms with Crippen molar-refractivity contribution >= 4 is 28.3 Å². The topological polar surface area (TPSA) is 17.0 Å². The third-order valence-electron chi connectivity index (χ3n) is 2.25. The maximum atomic E-state index is 3.42. The number of hydrogen-bond acceptors (Lipinski definition) is 1. The summed E-state index contributed by atoms with van der Waals surface area (Å²) < 4.78 is 3.32. The van der Waals surface area contributed by atoms with Crippen LogP contribution in [0.1, 0.15) is 5.56 Å². The summed E-state index contributed by atoms with van der Waals surface area (Å²) >= 11 is 2.34. The van der Waals surface area contributed by atoms with Crippen LogP contribution >= 0.6 is 22.6 Å². The average Bonchev–Trinajstić information content (AvgIpc) is 2.63. The molecule has 0 unspecified atom stereocenters. The molecule has 2 nitrogen and oxygen atoms in total. The molecule has 0 radical (unpaired) electrons. The predicted molar refractivity (Wildman–Crippen MR) is 71.9 cm³/mol. The Bertz CT molecular complexity index is 448. The zero-order valence-electron chi connectivity index (χ0n) is 8.57. The lowest BCUT2D eigenvalue weighted by atomic mass is 10.3. The van der Waals surface area contributed by atoms with Crippen molar-refractivity contribution in [1.29, 1.82) is 0 Å². The van der Waals surface area contributed by atoms with Crippen LogP contribution in [0.25, 0.3) is 0 Å². The number of aryl methyl sites for hydroxylation is 1. The number of hydrogen-bond donors (Lipinski definition) is 1. The van der Waals surface area contributed by atoms with Gasteiger partial charge >= 0.3 is 0 Å². The van der Waals surface area contributed by atoms with Gasteiger partial charge < -0.3 is 9.88 Å². The van der Waals surface area contributed by atoms with Crippen molar-refractivity contribution in [1.82, 2.24) is 4.57 Å². The van der Waals surface area contributed by atoms with Gasteiger partial charge in [-0.2, -0.15) is 0 Å². The van der Waals surface area contributed by atoms with E-state index in [9.17, 15) is 0 Å². The summed E-state index contributed by atoms with van der Waals surface area (Å²) in [5.74, 6) is 0. The van der Waals surface area contributed by atoms with Gasteiger partial charge in [-0.1, -0.05) is 12.1 Å². The van der Waals surface area contributed by atoms with E-state index in [0.29, 0.717) is 0 Å². The number of para-hydroxylation sites is 1. The fraction of sp³-hybridized carbons (Fsp3) is 0.167. The summed E-state index contributed by atoms with van der Waals surface area (Å²) in [6.45, 7) is 0.876. The normalized spacial score (nSPS) is 10.3. The molecule has 2 aromatic rings. The van der Waals surface area contributed by atoms with Crippen LogP contribution in [0.5, 0.6) is 0 Å². The van der Waals surface area contributed by atoms with E-state index >= 15 is 0 Å². The van der Waals surface area contributed by atoms with Gasteiger partial charge in [0, 0.05) is 35.2 Å². The largest absolute Gasteiger partial charge is 0.380 e. The molecule has 0 bridgehead atoms. The summed E-state index contributed by atoms with van der Waals surface area (Å²) in [5, 5.41) is 3.42. The fourth-order valence-electron chi connectivity index (χ4n) is 1.47. The summed E-state index contributed by atoms with van der Waals surface area (Å²) in [6, 6.07) is 10.4. The second-order valence-corrected chi connectivity index (χ2v) is 4.68. The van der Waals surface area contributed by atoms with Crippen molar-refractivity contribution in [3.8, 4) is 0 Å². The molecule has 1 aromatic heterocycles. The van der Waals surface area contributed by atoms with Crippen LogP contribution in [0, 0.1) is 3.57 Å². The highest BCUT2D eigenvalue weighted by Gasteiger charge is 1.98.